The van der Waals surface area contributed by atoms with Gasteiger partial charge in [-0.3, -0.25) is 4.57 Å². The number of carbonyl (C=O) groups excluding carboxylic acids is 4. The maximum absolute atomic E-state index is 13.2. The van der Waals surface area contributed by atoms with Crippen molar-refractivity contribution in [2.75, 3.05) is 26.4 Å². The molecule has 0 saturated heterocycles. The van der Waals surface area contributed by atoms with Crippen molar-refractivity contribution in [3.63, 3.8) is 0 Å². The number of aliphatic imine (C=N–C) groups is 2. The molecule has 0 fully saturated rings. The maximum Gasteiger partial charge on any atom is 0.338 e. The van der Waals surface area contributed by atoms with Crippen LogP contribution in [0.1, 0.15) is 85.8 Å². The number of benzene rings is 6. The van der Waals surface area contributed by atoms with Gasteiger partial charge in [-0.25, -0.2) is 34.1 Å². The van der Waals surface area contributed by atoms with Crippen LogP contribution in [0.4, 0.5) is 0 Å². The molecule has 7 aromatic rings. The molecule has 12 nitrogen and oxygen atoms in total. The van der Waals surface area contributed by atoms with Crippen LogP contribution >= 0.6 is 95.6 Å². The van der Waals surface area contributed by atoms with Crippen LogP contribution in [0.5, 0.6) is 0 Å². The number of nitrogens with zero attached hydrogens (tertiary/aromatic N) is 4. The number of hydrogen-bond donors (Lipinski definition) is 0. The first-order valence-corrected chi connectivity index (χ1v) is 27.1. The largest absolute Gasteiger partial charge is 0.462 e. The molecule has 0 N–H and O–H groups in total. The summed E-state index contributed by atoms with van der Waals surface area (Å²) in [4.78, 5) is 69.3. The average Bonchev–Trinajstić information content (AvgIpc) is 3.95. The molecule has 366 valence electrons. The van der Waals surface area contributed by atoms with Crippen LogP contribution in [-0.2, 0) is 24.7 Å². The Morgan fingerprint density at radius 1 is 0.458 bits per heavy atom. The minimum Gasteiger partial charge on any atom is -0.462 e. The standard InChI is InChI=1S/C54H40Br6N4O8/c1-5-69-50(65)33-17-9-29(10-18-33)45-46(30-11-19-34(20-12-30)51(66)70-6-2)63-54(62-45,44-41(59)27-38(56)28-42(44)60)64-48(32-15-23-36(24-16-32)53(68)72-8-4)47(31-13-21-35(22-14-31)52(67)71-7-3)61-49(64)43-39(57)25-37(55)26-40(43)58/h9-28H,5-8H2,1-4H3. The van der Waals surface area contributed by atoms with Gasteiger partial charge in [0, 0.05) is 54.7 Å². The van der Waals surface area contributed by atoms with Crippen LogP contribution in [0.2, 0.25) is 0 Å². The normalized spacial score (nSPS) is 12.8. The number of hydrogen-bond acceptors (Lipinski definition) is 11. The molecular weight excluding hydrogens is 1310 g/mol. The number of carbonyl (C=O) groups is 4. The molecule has 1 aliphatic heterocycles. The Balaban J connectivity index is 1.56. The van der Waals surface area contributed by atoms with Gasteiger partial charge >= 0.3 is 23.9 Å². The molecule has 0 radical (unpaired) electrons. The van der Waals surface area contributed by atoms with Crippen LogP contribution < -0.4 is 0 Å². The van der Waals surface area contributed by atoms with Gasteiger partial charge in [0.15, 0.2) is 0 Å². The highest BCUT2D eigenvalue weighted by atomic mass is 79.9. The summed E-state index contributed by atoms with van der Waals surface area (Å²) in [6, 6.07) is 35.5. The lowest BCUT2D eigenvalue weighted by Crippen LogP contribution is -2.32. The molecule has 0 amide bonds. The van der Waals surface area contributed by atoms with Crippen molar-refractivity contribution in [3.8, 4) is 33.9 Å². The van der Waals surface area contributed by atoms with E-state index in [0.29, 0.717) is 102 Å². The Morgan fingerprint density at radius 3 is 1.12 bits per heavy atom. The highest BCUT2D eigenvalue weighted by Gasteiger charge is 2.48. The van der Waals surface area contributed by atoms with E-state index in [4.69, 9.17) is 33.9 Å². The van der Waals surface area contributed by atoms with E-state index in [2.05, 4.69) is 95.6 Å². The molecular formula is C54H40Br6N4O8. The molecule has 2 heterocycles. The van der Waals surface area contributed by atoms with Crippen LogP contribution in [0, 0.1) is 0 Å². The molecule has 72 heavy (non-hydrogen) atoms. The van der Waals surface area contributed by atoms with Gasteiger partial charge in [0.2, 0.25) is 0 Å². The Kier molecular flexibility index (Phi) is 16.8. The smallest absolute Gasteiger partial charge is 0.338 e. The van der Waals surface area contributed by atoms with E-state index in [-0.39, 0.29) is 26.4 Å². The van der Waals surface area contributed by atoms with Crippen molar-refractivity contribution in [1.82, 2.24) is 9.55 Å². The number of ether oxygens (including phenoxy) is 4. The van der Waals surface area contributed by atoms with Crippen LogP contribution in [0.3, 0.4) is 0 Å². The van der Waals surface area contributed by atoms with Gasteiger partial charge in [-0.15, -0.1) is 0 Å². The minimum atomic E-state index is -1.82. The first kappa shape index (κ1) is 52.9. The monoisotopic (exact) mass is 1350 g/mol. The molecule has 8 rings (SSSR count). The predicted octanol–water partition coefficient (Wildman–Crippen LogP) is 14.8. The fraction of sp³-hybridized carbons (Fsp3) is 0.167. The van der Waals surface area contributed by atoms with Gasteiger partial charge in [0.1, 0.15) is 5.82 Å². The fourth-order valence-electron chi connectivity index (χ4n) is 8.06. The topological polar surface area (TPSA) is 148 Å². The number of rotatable bonds is 15. The molecule has 0 bridgehead atoms. The first-order valence-electron chi connectivity index (χ1n) is 22.4. The van der Waals surface area contributed by atoms with Crippen molar-refractivity contribution in [2.24, 2.45) is 9.98 Å². The van der Waals surface area contributed by atoms with Gasteiger partial charge in [0.05, 0.1) is 77.1 Å². The van der Waals surface area contributed by atoms with E-state index >= 15 is 0 Å². The van der Waals surface area contributed by atoms with Gasteiger partial charge in [-0.1, -0.05) is 112 Å². The van der Waals surface area contributed by atoms with Crippen molar-refractivity contribution in [2.45, 2.75) is 33.5 Å². The highest BCUT2D eigenvalue weighted by molar-refractivity contribution is 9.12. The van der Waals surface area contributed by atoms with Gasteiger partial charge in [-0.2, -0.15) is 0 Å². The summed E-state index contributed by atoms with van der Waals surface area (Å²) in [5.41, 5.74) is 6.80. The molecule has 1 aliphatic rings. The predicted molar refractivity (Wildman–Crippen MR) is 298 cm³/mol. The summed E-state index contributed by atoms with van der Waals surface area (Å²) in [5.74, 6) is -3.36. The molecule has 18 heteroatoms. The van der Waals surface area contributed by atoms with Crippen LogP contribution in [0.15, 0.2) is 158 Å². The zero-order chi connectivity index (χ0) is 51.4. The van der Waals surface area contributed by atoms with E-state index in [1.54, 1.807) is 113 Å². The van der Waals surface area contributed by atoms with Crippen LogP contribution in [-0.4, -0.2) is 71.3 Å². The third kappa shape index (κ3) is 10.7. The Morgan fingerprint density at radius 2 is 0.778 bits per heavy atom. The zero-order valence-electron chi connectivity index (χ0n) is 38.7. The Hall–Kier alpha value is -5.37. The summed E-state index contributed by atoms with van der Waals surface area (Å²) >= 11 is 23.0. The van der Waals surface area contributed by atoms with E-state index in [9.17, 15) is 19.2 Å². The fourth-order valence-corrected chi connectivity index (χ4v) is 13.5. The van der Waals surface area contributed by atoms with Gasteiger partial charge in [0.25, 0.3) is 5.79 Å². The van der Waals surface area contributed by atoms with Crippen molar-refractivity contribution in [3.05, 3.63) is 187 Å². The molecule has 0 spiro atoms. The SMILES string of the molecule is CCOC(=O)c1ccc(C2=NC(c3c(Br)cc(Br)cc3Br)(n3c(-c4c(Br)cc(Br)cc4Br)nc(-c4ccc(C(=O)OCC)cc4)c3-c3ccc(C(=O)OCC)cc3)N=C2c2ccc(C(=O)OCC)cc2)cc1. The Labute approximate surface area is 465 Å². The zero-order valence-corrected chi connectivity index (χ0v) is 48.2. The number of esters is 4. The van der Waals surface area contributed by atoms with Gasteiger partial charge < -0.3 is 18.9 Å². The van der Waals surface area contributed by atoms with Crippen LogP contribution in [0.25, 0.3) is 33.9 Å². The first-order chi connectivity index (χ1) is 34.6. The lowest BCUT2D eigenvalue weighted by molar-refractivity contribution is 0.0516. The molecule has 0 unspecified atom stereocenters. The van der Waals surface area contributed by atoms with E-state index in [1.807, 2.05) is 41.0 Å². The van der Waals surface area contributed by atoms with Crippen molar-refractivity contribution < 1.29 is 38.1 Å². The minimum absolute atomic E-state index is 0.191. The summed E-state index contributed by atoms with van der Waals surface area (Å²) in [5, 5.41) is 0. The molecule has 0 aliphatic carbocycles. The van der Waals surface area contributed by atoms with E-state index in [0.717, 1.165) is 8.95 Å². The lowest BCUT2D eigenvalue weighted by atomic mass is 9.98. The van der Waals surface area contributed by atoms with Crippen molar-refractivity contribution >= 4 is 131 Å². The molecule has 1 aromatic heterocycles. The molecule has 0 saturated carbocycles. The summed E-state index contributed by atoms with van der Waals surface area (Å²) in [7, 11) is 0. The number of imidazole rings is 1. The second-order valence-electron chi connectivity index (χ2n) is 15.7. The summed E-state index contributed by atoms with van der Waals surface area (Å²) in [6.07, 6.45) is 0. The second-order valence-corrected chi connectivity index (χ2v) is 21.0. The van der Waals surface area contributed by atoms with Gasteiger partial charge in [-0.05, 0) is 132 Å². The second kappa shape index (κ2) is 22.8. The average molecular weight is 1350 g/mol. The number of aromatic nitrogens is 2. The lowest BCUT2D eigenvalue weighted by Gasteiger charge is -2.32. The van der Waals surface area contributed by atoms with E-state index in [1.165, 1.54) is 0 Å². The summed E-state index contributed by atoms with van der Waals surface area (Å²) in [6.45, 7) is 7.79. The molecule has 0 atom stereocenters. The highest BCUT2D eigenvalue weighted by Crippen LogP contribution is 2.52. The van der Waals surface area contributed by atoms with E-state index < -0.39 is 29.7 Å². The third-order valence-electron chi connectivity index (χ3n) is 11.2. The Bertz CT molecular complexity index is 3200. The molecule has 6 aromatic carbocycles. The number of halogens is 6. The summed E-state index contributed by atoms with van der Waals surface area (Å²) < 4.78 is 27.4. The maximum atomic E-state index is 13.2. The quantitative estimate of drug-likeness (QED) is 0.0722. The van der Waals surface area contributed by atoms with Crippen molar-refractivity contribution in [1.29, 1.82) is 0 Å². The third-order valence-corrected chi connectivity index (χ3v) is 14.6.